The number of para-hydroxylation sites is 1. The van der Waals surface area contributed by atoms with Crippen molar-refractivity contribution >= 4 is 29.1 Å². The van der Waals surface area contributed by atoms with Gasteiger partial charge in [-0.05, 0) is 30.7 Å². The third-order valence-electron chi connectivity index (χ3n) is 4.04. The lowest BCUT2D eigenvalue weighted by molar-refractivity contribution is -0.124. The van der Waals surface area contributed by atoms with E-state index in [1.54, 1.807) is 12.1 Å². The Balaban J connectivity index is 1.55. The van der Waals surface area contributed by atoms with Crippen LogP contribution in [0.5, 0.6) is 0 Å². The summed E-state index contributed by atoms with van der Waals surface area (Å²) in [5, 5.41) is 8.04. The molecule has 0 saturated heterocycles. The summed E-state index contributed by atoms with van der Waals surface area (Å²) in [7, 11) is 0. The number of nitrogens with one attached hydrogen (secondary N) is 3. The molecule has 1 atom stereocenters. The SMILES string of the molecule is Cc1ccc(NC(=O)/C=C/C(=O)NC2Cc3ccccc3NC2=O)cc1. The molecule has 1 unspecified atom stereocenters. The number of carbonyl (C=O) groups excluding carboxylic acids is 3. The van der Waals surface area contributed by atoms with Crippen LogP contribution in [0, 0.1) is 6.92 Å². The standard InChI is InChI=1S/C20H19N3O3/c1-13-6-8-15(9-7-13)21-18(24)10-11-19(25)22-17-12-14-4-2-3-5-16(14)23-20(17)26/h2-11,17H,12H2,1H3,(H,21,24)(H,22,25)(H,23,26)/b11-10+. The number of anilines is 2. The van der Waals surface area contributed by atoms with E-state index in [0.29, 0.717) is 12.1 Å². The quantitative estimate of drug-likeness (QED) is 0.739. The Morgan fingerprint density at radius 1 is 1.04 bits per heavy atom. The van der Waals surface area contributed by atoms with Crippen molar-refractivity contribution in [2.45, 2.75) is 19.4 Å². The van der Waals surface area contributed by atoms with Gasteiger partial charge in [-0.15, -0.1) is 0 Å². The van der Waals surface area contributed by atoms with Gasteiger partial charge in [-0.25, -0.2) is 0 Å². The molecule has 26 heavy (non-hydrogen) atoms. The number of aryl methyl sites for hydroxylation is 1. The molecule has 3 rings (SSSR count). The van der Waals surface area contributed by atoms with Crippen molar-refractivity contribution < 1.29 is 14.4 Å². The Hall–Kier alpha value is -3.41. The molecule has 0 radical (unpaired) electrons. The smallest absolute Gasteiger partial charge is 0.248 e. The van der Waals surface area contributed by atoms with E-state index < -0.39 is 17.9 Å². The van der Waals surface area contributed by atoms with Crippen LogP contribution in [0.2, 0.25) is 0 Å². The Morgan fingerprint density at radius 3 is 2.50 bits per heavy atom. The number of amides is 3. The Labute approximate surface area is 151 Å². The minimum atomic E-state index is -0.665. The van der Waals surface area contributed by atoms with Crippen molar-refractivity contribution in [2.75, 3.05) is 10.6 Å². The first-order valence-corrected chi connectivity index (χ1v) is 8.26. The van der Waals surface area contributed by atoms with Crippen LogP contribution in [0.3, 0.4) is 0 Å². The van der Waals surface area contributed by atoms with Crippen LogP contribution in [0.4, 0.5) is 11.4 Å². The highest BCUT2D eigenvalue weighted by Crippen LogP contribution is 2.21. The molecule has 0 saturated carbocycles. The molecule has 132 valence electrons. The van der Waals surface area contributed by atoms with Crippen molar-refractivity contribution in [3.63, 3.8) is 0 Å². The summed E-state index contributed by atoms with van der Waals surface area (Å²) in [5.41, 5.74) is 3.45. The third kappa shape index (κ3) is 4.36. The van der Waals surface area contributed by atoms with E-state index in [4.69, 9.17) is 0 Å². The minimum absolute atomic E-state index is 0.269. The van der Waals surface area contributed by atoms with Gasteiger partial charge in [0.15, 0.2) is 0 Å². The fourth-order valence-electron chi connectivity index (χ4n) is 2.66. The van der Waals surface area contributed by atoms with Crippen molar-refractivity contribution in [2.24, 2.45) is 0 Å². The number of hydrogen-bond donors (Lipinski definition) is 3. The second-order valence-electron chi connectivity index (χ2n) is 6.10. The molecule has 3 amide bonds. The Bertz CT molecular complexity index is 872. The molecule has 0 spiro atoms. The molecular formula is C20H19N3O3. The van der Waals surface area contributed by atoms with Crippen molar-refractivity contribution in [1.29, 1.82) is 0 Å². The monoisotopic (exact) mass is 349 g/mol. The third-order valence-corrected chi connectivity index (χ3v) is 4.04. The van der Waals surface area contributed by atoms with Crippen LogP contribution in [0.1, 0.15) is 11.1 Å². The van der Waals surface area contributed by atoms with Crippen LogP contribution in [-0.4, -0.2) is 23.8 Å². The molecule has 6 nitrogen and oxygen atoms in total. The molecule has 3 N–H and O–H groups in total. The van der Waals surface area contributed by atoms with E-state index >= 15 is 0 Å². The minimum Gasteiger partial charge on any atom is -0.340 e. The molecule has 0 aliphatic carbocycles. The lowest BCUT2D eigenvalue weighted by Gasteiger charge is -2.24. The molecule has 0 bridgehead atoms. The average Bonchev–Trinajstić information content (AvgIpc) is 2.62. The van der Waals surface area contributed by atoms with Crippen LogP contribution in [-0.2, 0) is 20.8 Å². The zero-order valence-corrected chi connectivity index (χ0v) is 14.3. The fraction of sp³-hybridized carbons (Fsp3) is 0.150. The summed E-state index contributed by atoms with van der Waals surface area (Å²) in [6.07, 6.45) is 2.68. The predicted molar refractivity (Wildman–Crippen MR) is 99.7 cm³/mol. The maximum absolute atomic E-state index is 12.1. The summed E-state index contributed by atoms with van der Waals surface area (Å²) >= 11 is 0. The number of carbonyl (C=O) groups is 3. The van der Waals surface area contributed by atoms with Gasteiger partial charge in [0, 0.05) is 29.9 Å². The Morgan fingerprint density at radius 2 is 1.73 bits per heavy atom. The van der Waals surface area contributed by atoms with E-state index in [-0.39, 0.29) is 5.91 Å². The van der Waals surface area contributed by atoms with Gasteiger partial charge in [0.2, 0.25) is 17.7 Å². The first-order valence-electron chi connectivity index (χ1n) is 8.26. The zero-order valence-electron chi connectivity index (χ0n) is 14.3. The first kappa shape index (κ1) is 17.4. The van der Waals surface area contributed by atoms with Crippen molar-refractivity contribution in [1.82, 2.24) is 5.32 Å². The lowest BCUT2D eigenvalue weighted by atomic mass is 9.99. The topological polar surface area (TPSA) is 87.3 Å². The van der Waals surface area contributed by atoms with E-state index in [9.17, 15) is 14.4 Å². The van der Waals surface area contributed by atoms with Crippen LogP contribution in [0.25, 0.3) is 0 Å². The number of hydrogen-bond acceptors (Lipinski definition) is 3. The summed E-state index contributed by atoms with van der Waals surface area (Å²) in [6.45, 7) is 1.95. The maximum Gasteiger partial charge on any atom is 0.248 e. The van der Waals surface area contributed by atoms with Crippen LogP contribution < -0.4 is 16.0 Å². The molecule has 2 aromatic carbocycles. The molecule has 0 aromatic heterocycles. The van der Waals surface area contributed by atoms with Crippen LogP contribution in [0.15, 0.2) is 60.7 Å². The van der Waals surface area contributed by atoms with Gasteiger partial charge in [-0.3, -0.25) is 14.4 Å². The first-order chi connectivity index (χ1) is 12.5. The summed E-state index contributed by atoms with van der Waals surface area (Å²) in [4.78, 5) is 35.9. The van der Waals surface area contributed by atoms with Crippen LogP contribution >= 0.6 is 0 Å². The molecular weight excluding hydrogens is 330 g/mol. The lowest BCUT2D eigenvalue weighted by Crippen LogP contribution is -2.47. The summed E-state index contributed by atoms with van der Waals surface area (Å²) < 4.78 is 0. The average molecular weight is 349 g/mol. The van der Waals surface area contributed by atoms with Gasteiger partial charge in [-0.2, -0.15) is 0 Å². The Kier molecular flexibility index (Phi) is 5.12. The largest absolute Gasteiger partial charge is 0.340 e. The number of fused-ring (bicyclic) bond motifs is 1. The maximum atomic E-state index is 12.1. The second kappa shape index (κ2) is 7.65. The molecule has 6 heteroatoms. The summed E-state index contributed by atoms with van der Waals surface area (Å²) in [5.74, 6) is -1.18. The zero-order chi connectivity index (χ0) is 18.5. The second-order valence-corrected chi connectivity index (χ2v) is 6.10. The highest BCUT2D eigenvalue weighted by Gasteiger charge is 2.26. The molecule has 0 fully saturated rings. The van der Waals surface area contributed by atoms with Gasteiger partial charge in [0.25, 0.3) is 0 Å². The van der Waals surface area contributed by atoms with E-state index in [1.807, 2.05) is 43.3 Å². The van der Waals surface area contributed by atoms with E-state index in [1.165, 1.54) is 0 Å². The van der Waals surface area contributed by atoms with Gasteiger partial charge >= 0.3 is 0 Å². The number of benzene rings is 2. The number of rotatable bonds is 4. The van der Waals surface area contributed by atoms with E-state index in [0.717, 1.165) is 29.0 Å². The summed E-state index contributed by atoms with van der Waals surface area (Å²) in [6, 6.07) is 14.1. The molecule has 1 aliphatic rings. The van der Waals surface area contributed by atoms with Crippen molar-refractivity contribution in [3.05, 3.63) is 71.8 Å². The van der Waals surface area contributed by atoms with Gasteiger partial charge in [0.1, 0.15) is 6.04 Å². The van der Waals surface area contributed by atoms with E-state index in [2.05, 4.69) is 16.0 Å². The predicted octanol–water partition coefficient (Wildman–Crippen LogP) is 2.17. The fourth-order valence-corrected chi connectivity index (χ4v) is 2.66. The van der Waals surface area contributed by atoms with Gasteiger partial charge in [0.05, 0.1) is 0 Å². The normalized spacial score (nSPS) is 15.9. The van der Waals surface area contributed by atoms with Crippen molar-refractivity contribution in [3.8, 4) is 0 Å². The molecule has 1 heterocycles. The highest BCUT2D eigenvalue weighted by atomic mass is 16.2. The molecule has 1 aliphatic heterocycles. The highest BCUT2D eigenvalue weighted by molar-refractivity contribution is 6.05. The molecule has 2 aromatic rings. The van der Waals surface area contributed by atoms with Gasteiger partial charge in [-0.1, -0.05) is 35.9 Å². The van der Waals surface area contributed by atoms with Gasteiger partial charge < -0.3 is 16.0 Å².